The van der Waals surface area contributed by atoms with Crippen LogP contribution in [0.1, 0.15) is 45.6 Å². The SMILES string of the molecule is CCC(CC)(CC)CNCc1ccn(C)c1. The minimum Gasteiger partial charge on any atom is -0.357 e. The highest BCUT2D eigenvalue weighted by molar-refractivity contribution is 5.09. The lowest BCUT2D eigenvalue weighted by atomic mass is 9.80. The fourth-order valence-corrected chi connectivity index (χ4v) is 2.26. The van der Waals surface area contributed by atoms with Gasteiger partial charge in [-0.25, -0.2) is 0 Å². The number of aryl methyl sites for hydroxylation is 1. The number of hydrogen-bond donors (Lipinski definition) is 1. The van der Waals surface area contributed by atoms with E-state index in [4.69, 9.17) is 0 Å². The molecule has 1 N–H and O–H groups in total. The van der Waals surface area contributed by atoms with E-state index in [1.54, 1.807) is 0 Å². The number of hydrogen-bond acceptors (Lipinski definition) is 1. The van der Waals surface area contributed by atoms with Gasteiger partial charge in [-0.1, -0.05) is 20.8 Å². The normalized spacial score (nSPS) is 12.0. The summed E-state index contributed by atoms with van der Waals surface area (Å²) in [5, 5.41) is 3.60. The lowest BCUT2D eigenvalue weighted by Crippen LogP contribution is -2.32. The summed E-state index contributed by atoms with van der Waals surface area (Å²) < 4.78 is 2.10. The zero-order valence-electron chi connectivity index (χ0n) is 11.2. The Morgan fingerprint density at radius 3 is 2.25 bits per heavy atom. The summed E-state index contributed by atoms with van der Waals surface area (Å²) in [6.07, 6.45) is 8.08. The number of nitrogens with zero attached hydrogens (tertiary/aromatic N) is 1. The summed E-state index contributed by atoms with van der Waals surface area (Å²) in [6.45, 7) is 9.03. The van der Waals surface area contributed by atoms with Gasteiger partial charge in [-0.3, -0.25) is 0 Å². The predicted octanol–water partition coefficient (Wildman–Crippen LogP) is 3.33. The molecule has 0 saturated heterocycles. The number of nitrogens with one attached hydrogen (secondary N) is 1. The maximum Gasteiger partial charge on any atom is 0.0220 e. The first kappa shape index (κ1) is 13.3. The highest BCUT2D eigenvalue weighted by atomic mass is 14.9. The van der Waals surface area contributed by atoms with E-state index in [1.807, 2.05) is 0 Å². The molecule has 1 aromatic rings. The molecule has 0 bridgehead atoms. The molecule has 1 aromatic heterocycles. The molecule has 16 heavy (non-hydrogen) atoms. The molecule has 92 valence electrons. The van der Waals surface area contributed by atoms with Crippen LogP contribution in [0.5, 0.6) is 0 Å². The zero-order valence-corrected chi connectivity index (χ0v) is 11.2. The molecule has 0 aromatic carbocycles. The van der Waals surface area contributed by atoms with Gasteiger partial charge >= 0.3 is 0 Å². The minimum absolute atomic E-state index is 0.495. The summed E-state index contributed by atoms with van der Waals surface area (Å²) in [6, 6.07) is 2.18. The van der Waals surface area contributed by atoms with Crippen molar-refractivity contribution in [2.75, 3.05) is 6.54 Å². The Kier molecular flexibility index (Phi) is 5.07. The average Bonchev–Trinajstić information content (AvgIpc) is 2.71. The monoisotopic (exact) mass is 222 g/mol. The standard InChI is InChI=1S/C14H26N2/c1-5-14(6-2,7-3)12-15-10-13-8-9-16(4)11-13/h8-9,11,15H,5-7,10,12H2,1-4H3. The van der Waals surface area contributed by atoms with E-state index in [9.17, 15) is 0 Å². The summed E-state index contributed by atoms with van der Waals surface area (Å²) in [4.78, 5) is 0. The van der Waals surface area contributed by atoms with Gasteiger partial charge in [0.1, 0.15) is 0 Å². The third-order valence-electron chi connectivity index (χ3n) is 3.97. The van der Waals surface area contributed by atoms with Gasteiger partial charge < -0.3 is 9.88 Å². The summed E-state index contributed by atoms with van der Waals surface area (Å²) >= 11 is 0. The van der Waals surface area contributed by atoms with Crippen molar-refractivity contribution in [2.24, 2.45) is 12.5 Å². The van der Waals surface area contributed by atoms with Crippen LogP contribution in [-0.2, 0) is 13.6 Å². The van der Waals surface area contributed by atoms with Crippen LogP contribution in [0.15, 0.2) is 18.5 Å². The largest absolute Gasteiger partial charge is 0.357 e. The Balaban J connectivity index is 2.39. The second-order valence-corrected chi connectivity index (χ2v) is 4.85. The van der Waals surface area contributed by atoms with Crippen LogP contribution >= 0.6 is 0 Å². The Hall–Kier alpha value is -0.760. The maximum absolute atomic E-state index is 3.60. The van der Waals surface area contributed by atoms with Gasteiger partial charge in [0, 0.05) is 32.5 Å². The molecule has 2 heteroatoms. The van der Waals surface area contributed by atoms with Gasteiger partial charge in [0.05, 0.1) is 0 Å². The molecule has 0 radical (unpaired) electrons. The second-order valence-electron chi connectivity index (χ2n) is 4.85. The molecule has 1 heterocycles. The number of rotatable bonds is 7. The molecule has 0 aliphatic rings. The summed E-state index contributed by atoms with van der Waals surface area (Å²) in [5.74, 6) is 0. The van der Waals surface area contributed by atoms with Crippen molar-refractivity contribution in [3.8, 4) is 0 Å². The smallest absolute Gasteiger partial charge is 0.0220 e. The van der Waals surface area contributed by atoms with E-state index >= 15 is 0 Å². The molecular formula is C14H26N2. The van der Waals surface area contributed by atoms with Gasteiger partial charge in [0.15, 0.2) is 0 Å². The zero-order chi connectivity index (χ0) is 12.0. The van der Waals surface area contributed by atoms with Crippen LogP contribution < -0.4 is 5.32 Å². The van der Waals surface area contributed by atoms with Crippen molar-refractivity contribution >= 4 is 0 Å². The van der Waals surface area contributed by atoms with Gasteiger partial charge in [0.2, 0.25) is 0 Å². The third kappa shape index (κ3) is 3.38. The molecular weight excluding hydrogens is 196 g/mol. The summed E-state index contributed by atoms with van der Waals surface area (Å²) in [5.41, 5.74) is 1.87. The lowest BCUT2D eigenvalue weighted by molar-refractivity contribution is 0.238. The Morgan fingerprint density at radius 1 is 1.19 bits per heavy atom. The topological polar surface area (TPSA) is 17.0 Å². The van der Waals surface area contributed by atoms with E-state index in [1.165, 1.54) is 24.8 Å². The van der Waals surface area contributed by atoms with Crippen LogP contribution in [0.3, 0.4) is 0 Å². The molecule has 0 atom stereocenters. The molecule has 0 saturated carbocycles. The van der Waals surface area contributed by atoms with Crippen molar-refractivity contribution in [1.82, 2.24) is 9.88 Å². The molecule has 0 fully saturated rings. The van der Waals surface area contributed by atoms with E-state index in [2.05, 4.69) is 56.2 Å². The fraction of sp³-hybridized carbons (Fsp3) is 0.714. The van der Waals surface area contributed by atoms with Crippen LogP contribution in [0, 0.1) is 5.41 Å². The van der Waals surface area contributed by atoms with E-state index < -0.39 is 0 Å². The Morgan fingerprint density at radius 2 is 1.81 bits per heavy atom. The third-order valence-corrected chi connectivity index (χ3v) is 3.97. The van der Waals surface area contributed by atoms with E-state index in [0.29, 0.717) is 5.41 Å². The first-order chi connectivity index (χ1) is 7.65. The number of aromatic nitrogens is 1. The van der Waals surface area contributed by atoms with Crippen LogP contribution in [0.2, 0.25) is 0 Å². The quantitative estimate of drug-likeness (QED) is 0.749. The minimum atomic E-state index is 0.495. The maximum atomic E-state index is 3.60. The Bertz CT molecular complexity index is 289. The molecule has 0 amide bonds. The molecule has 0 aliphatic carbocycles. The van der Waals surface area contributed by atoms with Crippen molar-refractivity contribution in [2.45, 2.75) is 46.6 Å². The summed E-state index contributed by atoms with van der Waals surface area (Å²) in [7, 11) is 2.07. The highest BCUT2D eigenvalue weighted by Crippen LogP contribution is 2.29. The van der Waals surface area contributed by atoms with Crippen molar-refractivity contribution in [3.63, 3.8) is 0 Å². The molecule has 0 spiro atoms. The molecule has 1 rings (SSSR count). The van der Waals surface area contributed by atoms with Crippen LogP contribution in [0.25, 0.3) is 0 Å². The van der Waals surface area contributed by atoms with Crippen molar-refractivity contribution in [3.05, 3.63) is 24.0 Å². The molecule has 2 nitrogen and oxygen atoms in total. The lowest BCUT2D eigenvalue weighted by Gasteiger charge is -2.30. The first-order valence-corrected chi connectivity index (χ1v) is 6.47. The van der Waals surface area contributed by atoms with Crippen LogP contribution in [-0.4, -0.2) is 11.1 Å². The average molecular weight is 222 g/mol. The van der Waals surface area contributed by atoms with Gasteiger partial charge in [-0.15, -0.1) is 0 Å². The molecule has 0 aliphatic heterocycles. The predicted molar refractivity (Wildman–Crippen MR) is 70.4 cm³/mol. The first-order valence-electron chi connectivity index (χ1n) is 6.47. The second kappa shape index (κ2) is 6.09. The van der Waals surface area contributed by atoms with Gasteiger partial charge in [-0.05, 0) is 36.3 Å². The highest BCUT2D eigenvalue weighted by Gasteiger charge is 2.22. The van der Waals surface area contributed by atoms with Gasteiger partial charge in [0.25, 0.3) is 0 Å². The van der Waals surface area contributed by atoms with Crippen LogP contribution in [0.4, 0.5) is 0 Å². The fourth-order valence-electron chi connectivity index (χ4n) is 2.26. The van der Waals surface area contributed by atoms with E-state index in [0.717, 1.165) is 13.1 Å². The molecule has 0 unspecified atom stereocenters. The van der Waals surface area contributed by atoms with E-state index in [-0.39, 0.29) is 0 Å². The van der Waals surface area contributed by atoms with Gasteiger partial charge in [-0.2, -0.15) is 0 Å². The van der Waals surface area contributed by atoms with Crippen molar-refractivity contribution in [1.29, 1.82) is 0 Å². The Labute approximate surface area is 100 Å². The van der Waals surface area contributed by atoms with Crippen molar-refractivity contribution < 1.29 is 0 Å².